The second kappa shape index (κ2) is 5.29. The summed E-state index contributed by atoms with van der Waals surface area (Å²) in [5, 5.41) is 26.9. The first-order valence-electron chi connectivity index (χ1n) is 5.78. The van der Waals surface area contributed by atoms with E-state index in [-0.39, 0.29) is 0 Å². The zero-order valence-electron chi connectivity index (χ0n) is 9.86. The highest BCUT2D eigenvalue weighted by Crippen LogP contribution is 2.30. The van der Waals surface area contributed by atoms with Gasteiger partial charge in [0.05, 0.1) is 27.4 Å². The summed E-state index contributed by atoms with van der Waals surface area (Å²) in [7, 11) is 0. The molecule has 0 aliphatic carbocycles. The minimum absolute atomic E-state index is 0.420. The third-order valence-electron chi connectivity index (χ3n) is 2.94. The number of halogens is 1. The van der Waals surface area contributed by atoms with Crippen molar-refractivity contribution in [2.75, 3.05) is 13.1 Å². The molecule has 0 radical (unpaired) electrons. The minimum atomic E-state index is -0.698. The van der Waals surface area contributed by atoms with Gasteiger partial charge in [-0.15, -0.1) is 21.5 Å². The molecule has 0 saturated carbocycles. The second-order valence-electron chi connectivity index (χ2n) is 4.43. The summed E-state index contributed by atoms with van der Waals surface area (Å²) in [5.41, 5.74) is 0. The molecule has 1 aliphatic rings. The maximum atomic E-state index is 9.47. The Morgan fingerprint density at radius 2 is 2.05 bits per heavy atom. The fourth-order valence-electron chi connectivity index (χ4n) is 2.01. The molecule has 8 heteroatoms. The molecule has 2 aromatic heterocycles. The van der Waals surface area contributed by atoms with Gasteiger partial charge in [-0.2, -0.15) is 0 Å². The summed E-state index contributed by atoms with van der Waals surface area (Å²) in [5.74, 6) is 0.979. The lowest BCUT2D eigenvalue weighted by Crippen LogP contribution is -2.22. The number of aromatic nitrogens is 2. The van der Waals surface area contributed by atoms with E-state index >= 15 is 0 Å². The van der Waals surface area contributed by atoms with Crippen molar-refractivity contribution < 1.29 is 14.6 Å². The van der Waals surface area contributed by atoms with Gasteiger partial charge in [-0.3, -0.25) is 4.90 Å². The number of β-amino-alcohol motifs (C(OH)–C–C–N with tert-alkyl or cyclic N) is 2. The Hall–Kier alpha value is -0.800. The van der Waals surface area contributed by atoms with Crippen LogP contribution in [-0.2, 0) is 6.54 Å². The minimum Gasteiger partial charge on any atom is -0.419 e. The number of likely N-dealkylation sites (tertiary alicyclic amines) is 1. The van der Waals surface area contributed by atoms with Crippen LogP contribution in [-0.4, -0.2) is 50.6 Å². The van der Waals surface area contributed by atoms with Crippen LogP contribution in [0, 0.1) is 0 Å². The van der Waals surface area contributed by atoms with Crippen molar-refractivity contribution in [3.05, 3.63) is 21.8 Å². The maximum absolute atomic E-state index is 9.47. The predicted molar refractivity (Wildman–Crippen MR) is 72.6 cm³/mol. The summed E-state index contributed by atoms with van der Waals surface area (Å²) in [6.45, 7) is 1.28. The molecule has 0 aromatic carbocycles. The molecule has 1 saturated heterocycles. The zero-order valence-corrected chi connectivity index (χ0v) is 12.3. The van der Waals surface area contributed by atoms with Gasteiger partial charge >= 0.3 is 0 Å². The van der Waals surface area contributed by atoms with Crippen molar-refractivity contribution in [3.63, 3.8) is 0 Å². The van der Waals surface area contributed by atoms with Gasteiger partial charge in [-0.05, 0) is 28.1 Å². The molecular formula is C11H12BrN3O3S. The summed E-state index contributed by atoms with van der Waals surface area (Å²) < 4.78 is 6.59. The van der Waals surface area contributed by atoms with Crippen molar-refractivity contribution in [2.45, 2.75) is 18.8 Å². The van der Waals surface area contributed by atoms with Gasteiger partial charge < -0.3 is 14.6 Å². The molecule has 0 bridgehead atoms. The lowest BCUT2D eigenvalue weighted by molar-refractivity contribution is 0.0572. The zero-order chi connectivity index (χ0) is 13.4. The highest BCUT2D eigenvalue weighted by Gasteiger charge is 2.30. The Morgan fingerprint density at radius 1 is 1.32 bits per heavy atom. The van der Waals surface area contributed by atoms with Crippen LogP contribution in [0.1, 0.15) is 5.89 Å². The average molecular weight is 346 g/mol. The third-order valence-corrected chi connectivity index (χ3v) is 4.56. The van der Waals surface area contributed by atoms with E-state index in [2.05, 4.69) is 26.1 Å². The number of aliphatic hydroxyl groups is 2. The molecule has 2 atom stereocenters. The molecule has 2 aromatic rings. The van der Waals surface area contributed by atoms with E-state index in [1.54, 1.807) is 0 Å². The Bertz CT molecular complexity index is 563. The summed E-state index contributed by atoms with van der Waals surface area (Å²) in [6, 6.07) is 3.84. The first kappa shape index (κ1) is 13.2. The number of nitrogens with zero attached hydrogens (tertiary/aromatic N) is 3. The second-order valence-corrected chi connectivity index (χ2v) is 6.90. The first-order valence-corrected chi connectivity index (χ1v) is 7.39. The first-order chi connectivity index (χ1) is 9.11. The van der Waals surface area contributed by atoms with Gasteiger partial charge in [-0.25, -0.2) is 0 Å². The highest BCUT2D eigenvalue weighted by atomic mass is 79.9. The summed E-state index contributed by atoms with van der Waals surface area (Å²) in [4.78, 5) is 2.80. The molecule has 3 rings (SSSR count). The van der Waals surface area contributed by atoms with Crippen LogP contribution >= 0.6 is 27.3 Å². The SMILES string of the molecule is OC1CN(Cc2nnc(-c3ccc(Br)s3)o2)CC1O. The van der Waals surface area contributed by atoms with E-state index in [4.69, 9.17) is 4.42 Å². The van der Waals surface area contributed by atoms with E-state index in [0.717, 1.165) is 8.66 Å². The molecule has 3 heterocycles. The van der Waals surface area contributed by atoms with Crippen LogP contribution in [0.15, 0.2) is 20.3 Å². The molecule has 19 heavy (non-hydrogen) atoms. The van der Waals surface area contributed by atoms with Crippen LogP contribution in [0.25, 0.3) is 10.8 Å². The van der Waals surface area contributed by atoms with E-state index in [9.17, 15) is 10.2 Å². The fraction of sp³-hybridized carbons (Fsp3) is 0.455. The summed E-state index contributed by atoms with van der Waals surface area (Å²) in [6.07, 6.45) is -1.40. The van der Waals surface area contributed by atoms with E-state index in [0.29, 0.717) is 31.4 Å². The Balaban J connectivity index is 1.69. The molecule has 6 nitrogen and oxygen atoms in total. The number of hydrogen-bond donors (Lipinski definition) is 2. The van der Waals surface area contributed by atoms with Crippen LogP contribution in [0.4, 0.5) is 0 Å². The van der Waals surface area contributed by atoms with Crippen LogP contribution in [0.3, 0.4) is 0 Å². The number of thiophene rings is 1. The molecule has 2 N–H and O–H groups in total. The van der Waals surface area contributed by atoms with E-state index in [1.807, 2.05) is 17.0 Å². The normalized spacial score (nSPS) is 24.2. The van der Waals surface area contributed by atoms with Gasteiger partial charge in [0.1, 0.15) is 0 Å². The van der Waals surface area contributed by atoms with Gasteiger partial charge in [0.2, 0.25) is 5.89 Å². The smallest absolute Gasteiger partial charge is 0.257 e. The summed E-state index contributed by atoms with van der Waals surface area (Å²) >= 11 is 4.91. The maximum Gasteiger partial charge on any atom is 0.257 e. The molecule has 0 spiro atoms. The topological polar surface area (TPSA) is 82.6 Å². The Labute approximate surface area is 121 Å². The molecular weight excluding hydrogens is 334 g/mol. The van der Waals surface area contributed by atoms with Gasteiger partial charge in [0.15, 0.2) is 0 Å². The van der Waals surface area contributed by atoms with Crippen molar-refractivity contribution in [1.29, 1.82) is 0 Å². The van der Waals surface area contributed by atoms with Gasteiger partial charge in [0, 0.05) is 13.1 Å². The Morgan fingerprint density at radius 3 is 2.68 bits per heavy atom. The Kier molecular flexibility index (Phi) is 3.68. The molecule has 102 valence electrons. The average Bonchev–Trinajstić information content (AvgIpc) is 3.03. The quantitative estimate of drug-likeness (QED) is 0.866. The molecule has 1 aliphatic heterocycles. The highest BCUT2D eigenvalue weighted by molar-refractivity contribution is 9.11. The standard InChI is InChI=1S/C11H12BrN3O3S/c12-9-2-1-8(19-9)11-14-13-10(18-11)5-15-3-6(16)7(17)4-15/h1-2,6-7,16-17H,3-5H2. The number of rotatable bonds is 3. The van der Waals surface area contributed by atoms with Crippen molar-refractivity contribution in [1.82, 2.24) is 15.1 Å². The van der Waals surface area contributed by atoms with Crippen molar-refractivity contribution in [3.8, 4) is 10.8 Å². The number of hydrogen-bond acceptors (Lipinski definition) is 7. The largest absolute Gasteiger partial charge is 0.419 e. The lowest BCUT2D eigenvalue weighted by atomic mass is 10.3. The fourth-order valence-corrected chi connectivity index (χ4v) is 3.32. The van der Waals surface area contributed by atoms with Crippen LogP contribution in [0.2, 0.25) is 0 Å². The lowest BCUT2D eigenvalue weighted by Gasteiger charge is -2.10. The van der Waals surface area contributed by atoms with E-state index < -0.39 is 12.2 Å². The van der Waals surface area contributed by atoms with Gasteiger partial charge in [0.25, 0.3) is 5.89 Å². The van der Waals surface area contributed by atoms with Crippen molar-refractivity contribution >= 4 is 27.3 Å². The molecule has 2 unspecified atom stereocenters. The molecule has 0 amide bonds. The van der Waals surface area contributed by atoms with Crippen molar-refractivity contribution in [2.24, 2.45) is 0 Å². The third kappa shape index (κ3) is 2.87. The predicted octanol–water partition coefficient (Wildman–Crippen LogP) is 1.10. The monoisotopic (exact) mass is 345 g/mol. The van der Waals surface area contributed by atoms with E-state index in [1.165, 1.54) is 11.3 Å². The van der Waals surface area contributed by atoms with Crippen LogP contribution < -0.4 is 0 Å². The van der Waals surface area contributed by atoms with Crippen LogP contribution in [0.5, 0.6) is 0 Å². The van der Waals surface area contributed by atoms with Gasteiger partial charge in [-0.1, -0.05) is 0 Å². The molecule has 1 fully saturated rings. The number of aliphatic hydroxyl groups excluding tert-OH is 2.